The molecule has 0 unspecified atom stereocenters. The zero-order chi connectivity index (χ0) is 13.8. The molecule has 2 aliphatic rings. The molecule has 0 amide bonds. The zero-order valence-electron chi connectivity index (χ0n) is 12.6. The van der Waals surface area contributed by atoms with Gasteiger partial charge in [-0.25, -0.2) is 0 Å². The molecule has 20 heavy (non-hydrogen) atoms. The topological polar surface area (TPSA) is 29.3 Å². The van der Waals surface area contributed by atoms with Crippen molar-refractivity contribution in [3.05, 3.63) is 35.4 Å². The fourth-order valence-electron chi connectivity index (χ4n) is 3.82. The predicted molar refractivity (Wildman–Crippen MR) is 84.9 cm³/mol. The van der Waals surface area contributed by atoms with Crippen molar-refractivity contribution in [1.29, 1.82) is 0 Å². The van der Waals surface area contributed by atoms with Gasteiger partial charge in [-0.3, -0.25) is 0 Å². The first-order chi connectivity index (χ1) is 9.75. The number of hydrogen-bond acceptors (Lipinski definition) is 2. The number of fused-ring (bicyclic) bond motifs is 1. The number of hydrogen-bond donors (Lipinski definition) is 1. The third-order valence-corrected chi connectivity index (χ3v) is 5.29. The fraction of sp³-hybridized carbons (Fsp3) is 0.667. The summed E-state index contributed by atoms with van der Waals surface area (Å²) in [5, 5.41) is 0. The van der Waals surface area contributed by atoms with E-state index in [2.05, 4.69) is 29.2 Å². The summed E-state index contributed by atoms with van der Waals surface area (Å²) in [6.45, 7) is 3.59. The molecule has 0 bridgehead atoms. The van der Waals surface area contributed by atoms with Gasteiger partial charge in [0.1, 0.15) is 0 Å². The molecular weight excluding hydrogens is 244 g/mol. The third kappa shape index (κ3) is 3.42. The van der Waals surface area contributed by atoms with Crippen LogP contribution < -0.4 is 5.73 Å². The molecule has 110 valence electrons. The molecule has 1 aliphatic heterocycles. The molecule has 0 atom stereocenters. The van der Waals surface area contributed by atoms with Crippen LogP contribution >= 0.6 is 0 Å². The smallest absolute Gasteiger partial charge is 0.0166 e. The van der Waals surface area contributed by atoms with Crippen LogP contribution in [0.2, 0.25) is 0 Å². The Morgan fingerprint density at radius 3 is 2.15 bits per heavy atom. The van der Waals surface area contributed by atoms with Gasteiger partial charge in [0.05, 0.1) is 0 Å². The highest BCUT2D eigenvalue weighted by atomic mass is 15.1. The van der Waals surface area contributed by atoms with Crippen molar-refractivity contribution >= 4 is 0 Å². The van der Waals surface area contributed by atoms with E-state index < -0.39 is 0 Å². The summed E-state index contributed by atoms with van der Waals surface area (Å²) in [5.41, 5.74) is 9.81. The number of rotatable bonds is 3. The lowest BCUT2D eigenvalue weighted by Gasteiger charge is -2.35. The van der Waals surface area contributed by atoms with E-state index in [0.29, 0.717) is 0 Å². The van der Waals surface area contributed by atoms with Gasteiger partial charge in [-0.2, -0.15) is 0 Å². The van der Waals surface area contributed by atoms with Crippen molar-refractivity contribution in [2.75, 3.05) is 19.6 Å². The summed E-state index contributed by atoms with van der Waals surface area (Å²) in [6, 6.07) is 8.94. The summed E-state index contributed by atoms with van der Waals surface area (Å²) in [7, 11) is 0. The highest BCUT2D eigenvalue weighted by Crippen LogP contribution is 2.29. The van der Waals surface area contributed by atoms with E-state index in [1.165, 1.54) is 71.0 Å². The maximum atomic E-state index is 6.57. The van der Waals surface area contributed by atoms with Gasteiger partial charge in [-0.15, -0.1) is 0 Å². The molecule has 2 heteroatoms. The molecular formula is C18H28N2. The highest BCUT2D eigenvalue weighted by molar-refractivity contribution is 5.28. The monoisotopic (exact) mass is 272 g/mol. The molecule has 2 N–H and O–H groups in total. The van der Waals surface area contributed by atoms with Gasteiger partial charge in [0.25, 0.3) is 0 Å². The number of nitrogens with zero attached hydrogens (tertiary/aromatic N) is 1. The molecule has 1 aromatic carbocycles. The van der Waals surface area contributed by atoms with Crippen molar-refractivity contribution in [2.45, 2.75) is 56.9 Å². The lowest BCUT2D eigenvalue weighted by molar-refractivity contribution is 0.213. The Kier molecular flexibility index (Phi) is 4.42. The summed E-state index contributed by atoms with van der Waals surface area (Å²) in [4.78, 5) is 2.63. The van der Waals surface area contributed by atoms with E-state index in [-0.39, 0.29) is 5.54 Å². The fourth-order valence-corrected chi connectivity index (χ4v) is 3.82. The van der Waals surface area contributed by atoms with Crippen molar-refractivity contribution in [2.24, 2.45) is 5.73 Å². The minimum atomic E-state index is 0.136. The van der Waals surface area contributed by atoms with Crippen LogP contribution in [0.3, 0.4) is 0 Å². The second-order valence-corrected chi connectivity index (χ2v) is 6.78. The molecule has 1 aromatic rings. The lowest BCUT2D eigenvalue weighted by Crippen LogP contribution is -2.45. The van der Waals surface area contributed by atoms with E-state index in [1.807, 2.05) is 0 Å². The van der Waals surface area contributed by atoms with Crippen molar-refractivity contribution < 1.29 is 0 Å². The summed E-state index contributed by atoms with van der Waals surface area (Å²) in [6.07, 6.45) is 10.1. The van der Waals surface area contributed by atoms with Gasteiger partial charge in [0.2, 0.25) is 0 Å². The SMILES string of the molecule is NC1(CCN2CCc3ccccc3CC2)CCCCC1. The van der Waals surface area contributed by atoms with Crippen LogP contribution in [0.5, 0.6) is 0 Å². The van der Waals surface area contributed by atoms with Crippen molar-refractivity contribution in [3.8, 4) is 0 Å². The van der Waals surface area contributed by atoms with Crippen LogP contribution in [0.15, 0.2) is 24.3 Å². The van der Waals surface area contributed by atoms with Gasteiger partial charge in [-0.05, 0) is 49.8 Å². The van der Waals surface area contributed by atoms with Gasteiger partial charge in [-0.1, -0.05) is 43.5 Å². The van der Waals surface area contributed by atoms with Gasteiger partial charge in [0, 0.05) is 18.6 Å². The first kappa shape index (κ1) is 14.1. The molecule has 0 saturated heterocycles. The molecule has 3 rings (SSSR count). The Morgan fingerprint density at radius 2 is 1.55 bits per heavy atom. The Labute approximate surface area is 123 Å². The van der Waals surface area contributed by atoms with Crippen LogP contribution in [0.1, 0.15) is 49.7 Å². The summed E-state index contributed by atoms with van der Waals surface area (Å²) in [5.74, 6) is 0. The van der Waals surface area contributed by atoms with E-state index in [9.17, 15) is 0 Å². The first-order valence-electron chi connectivity index (χ1n) is 8.33. The Balaban J connectivity index is 1.52. The molecule has 1 heterocycles. The average molecular weight is 272 g/mol. The van der Waals surface area contributed by atoms with Gasteiger partial charge in [0.15, 0.2) is 0 Å². The lowest BCUT2D eigenvalue weighted by atomic mass is 9.80. The predicted octanol–water partition coefficient (Wildman–Crippen LogP) is 3.14. The minimum absolute atomic E-state index is 0.136. The van der Waals surface area contributed by atoms with Gasteiger partial charge < -0.3 is 10.6 Å². The van der Waals surface area contributed by atoms with E-state index in [0.717, 1.165) is 0 Å². The van der Waals surface area contributed by atoms with Crippen LogP contribution in [0.4, 0.5) is 0 Å². The molecule has 0 aromatic heterocycles. The second-order valence-electron chi connectivity index (χ2n) is 6.78. The molecule has 0 radical (unpaired) electrons. The largest absolute Gasteiger partial charge is 0.325 e. The van der Waals surface area contributed by atoms with E-state index >= 15 is 0 Å². The standard InChI is InChI=1S/C18H28N2/c19-18(10-4-1-5-11-18)12-15-20-13-8-16-6-2-3-7-17(16)9-14-20/h2-3,6-7H,1,4-5,8-15,19H2. The Morgan fingerprint density at radius 1 is 0.950 bits per heavy atom. The molecule has 0 spiro atoms. The summed E-state index contributed by atoms with van der Waals surface area (Å²) >= 11 is 0. The van der Waals surface area contributed by atoms with Crippen LogP contribution in [-0.4, -0.2) is 30.1 Å². The maximum absolute atomic E-state index is 6.57. The normalized spacial score (nSPS) is 23.1. The summed E-state index contributed by atoms with van der Waals surface area (Å²) < 4.78 is 0. The first-order valence-corrected chi connectivity index (χ1v) is 8.33. The molecule has 1 fully saturated rings. The second kappa shape index (κ2) is 6.28. The molecule has 1 aliphatic carbocycles. The highest BCUT2D eigenvalue weighted by Gasteiger charge is 2.27. The quantitative estimate of drug-likeness (QED) is 0.916. The Bertz CT molecular complexity index is 408. The number of nitrogens with two attached hydrogens (primary N) is 1. The van der Waals surface area contributed by atoms with Crippen LogP contribution in [0.25, 0.3) is 0 Å². The van der Waals surface area contributed by atoms with E-state index in [4.69, 9.17) is 5.73 Å². The zero-order valence-corrected chi connectivity index (χ0v) is 12.6. The average Bonchev–Trinajstić information content (AvgIpc) is 2.69. The van der Waals surface area contributed by atoms with Crippen molar-refractivity contribution in [1.82, 2.24) is 4.90 Å². The number of benzene rings is 1. The molecule has 1 saturated carbocycles. The minimum Gasteiger partial charge on any atom is -0.325 e. The van der Waals surface area contributed by atoms with Crippen LogP contribution in [0, 0.1) is 0 Å². The maximum Gasteiger partial charge on any atom is 0.0166 e. The van der Waals surface area contributed by atoms with Crippen LogP contribution in [-0.2, 0) is 12.8 Å². The third-order valence-electron chi connectivity index (χ3n) is 5.29. The molecule has 2 nitrogen and oxygen atoms in total. The van der Waals surface area contributed by atoms with E-state index in [1.54, 1.807) is 11.1 Å². The van der Waals surface area contributed by atoms with Crippen molar-refractivity contribution in [3.63, 3.8) is 0 Å². The van der Waals surface area contributed by atoms with Gasteiger partial charge >= 0.3 is 0 Å². The Hall–Kier alpha value is -0.860.